The standard InChI is InChI=1S/C20H21N7O4S/c1-31-17(29)14-3-7-21-18(25-14)23-11-12-4-8-27(9-5-12)19-22-6-2-13(24-19)10-15-16(28)26-20(30)32-15/h2-3,6-7,10,12H,4-5,8-9,11H2,1H3,(H,21,23,25)(H,26,28,30)/b15-10+. The highest BCUT2D eigenvalue weighted by Gasteiger charge is 2.26. The lowest BCUT2D eigenvalue weighted by atomic mass is 9.97. The van der Waals surface area contributed by atoms with Crippen molar-refractivity contribution < 1.29 is 19.1 Å². The van der Waals surface area contributed by atoms with Gasteiger partial charge in [-0.15, -0.1) is 0 Å². The molecule has 4 rings (SSSR count). The molecule has 2 aromatic heterocycles. The number of carbonyl (C=O) groups is 3. The number of esters is 1. The van der Waals surface area contributed by atoms with Crippen LogP contribution in [-0.4, -0.2) is 63.8 Å². The Hall–Kier alpha value is -3.54. The molecular formula is C20H21N7O4S. The van der Waals surface area contributed by atoms with Gasteiger partial charge in [-0.1, -0.05) is 0 Å². The van der Waals surface area contributed by atoms with E-state index < -0.39 is 11.9 Å². The number of thioether (sulfide) groups is 1. The molecule has 0 unspecified atom stereocenters. The van der Waals surface area contributed by atoms with Gasteiger partial charge in [-0.05, 0) is 48.7 Å². The van der Waals surface area contributed by atoms with E-state index in [1.807, 2.05) is 0 Å². The van der Waals surface area contributed by atoms with Crippen LogP contribution < -0.4 is 15.5 Å². The summed E-state index contributed by atoms with van der Waals surface area (Å²) < 4.78 is 4.68. The van der Waals surface area contributed by atoms with Gasteiger partial charge in [0, 0.05) is 32.0 Å². The van der Waals surface area contributed by atoms with E-state index in [0.29, 0.717) is 35.0 Å². The quantitative estimate of drug-likeness (QED) is 0.486. The highest BCUT2D eigenvalue weighted by atomic mass is 32.2. The molecule has 0 saturated carbocycles. The zero-order valence-corrected chi connectivity index (χ0v) is 18.1. The Morgan fingerprint density at radius 3 is 2.75 bits per heavy atom. The van der Waals surface area contributed by atoms with Crippen molar-refractivity contribution in [3.63, 3.8) is 0 Å². The van der Waals surface area contributed by atoms with E-state index in [1.54, 1.807) is 18.3 Å². The summed E-state index contributed by atoms with van der Waals surface area (Å²) in [7, 11) is 1.31. The molecule has 2 fully saturated rings. The molecule has 0 bridgehead atoms. The zero-order valence-electron chi connectivity index (χ0n) is 17.3. The lowest BCUT2D eigenvalue weighted by Gasteiger charge is -2.32. The van der Waals surface area contributed by atoms with Gasteiger partial charge in [-0.3, -0.25) is 14.9 Å². The van der Waals surface area contributed by atoms with Crippen LogP contribution in [0.1, 0.15) is 29.0 Å². The van der Waals surface area contributed by atoms with E-state index in [0.717, 1.165) is 37.7 Å². The highest BCUT2D eigenvalue weighted by Crippen LogP contribution is 2.26. The first-order valence-corrected chi connectivity index (χ1v) is 10.8. The summed E-state index contributed by atoms with van der Waals surface area (Å²) in [4.78, 5) is 54.3. The largest absolute Gasteiger partial charge is 0.464 e. The smallest absolute Gasteiger partial charge is 0.356 e. The van der Waals surface area contributed by atoms with Gasteiger partial charge in [0.2, 0.25) is 11.9 Å². The zero-order chi connectivity index (χ0) is 22.5. The van der Waals surface area contributed by atoms with Crippen LogP contribution in [0.25, 0.3) is 6.08 Å². The molecule has 0 atom stereocenters. The fraction of sp³-hybridized carbons (Fsp3) is 0.350. The highest BCUT2D eigenvalue weighted by molar-refractivity contribution is 8.18. The number of aromatic nitrogens is 4. The van der Waals surface area contributed by atoms with E-state index in [4.69, 9.17) is 0 Å². The third kappa shape index (κ3) is 5.19. The Kier molecular flexibility index (Phi) is 6.59. The van der Waals surface area contributed by atoms with Crippen molar-refractivity contribution in [2.75, 3.05) is 37.0 Å². The first kappa shape index (κ1) is 21.7. The maximum atomic E-state index is 11.7. The molecule has 12 heteroatoms. The number of amides is 2. The summed E-state index contributed by atoms with van der Waals surface area (Å²) in [5.41, 5.74) is 0.790. The van der Waals surface area contributed by atoms with Gasteiger partial charge in [0.25, 0.3) is 11.1 Å². The lowest BCUT2D eigenvalue weighted by molar-refractivity contribution is -0.115. The molecule has 0 aromatic carbocycles. The third-order valence-electron chi connectivity index (χ3n) is 5.08. The Morgan fingerprint density at radius 2 is 2.03 bits per heavy atom. The van der Waals surface area contributed by atoms with E-state index in [2.05, 4.69) is 40.2 Å². The number of nitrogens with zero attached hydrogens (tertiary/aromatic N) is 5. The van der Waals surface area contributed by atoms with E-state index >= 15 is 0 Å². The number of methoxy groups -OCH3 is 1. The van der Waals surface area contributed by atoms with E-state index in [-0.39, 0.29) is 10.9 Å². The average Bonchev–Trinajstić information content (AvgIpc) is 3.14. The number of piperidine rings is 1. The molecule has 2 N–H and O–H groups in total. The third-order valence-corrected chi connectivity index (χ3v) is 5.89. The van der Waals surface area contributed by atoms with Gasteiger partial charge in [-0.25, -0.2) is 24.7 Å². The van der Waals surface area contributed by atoms with Crippen LogP contribution in [0.4, 0.5) is 16.7 Å². The van der Waals surface area contributed by atoms with Crippen molar-refractivity contribution in [3.8, 4) is 0 Å². The molecule has 2 amide bonds. The summed E-state index contributed by atoms with van der Waals surface area (Å²) in [5, 5.41) is 5.04. The molecule has 0 spiro atoms. The number of hydrogen-bond acceptors (Lipinski definition) is 11. The van der Waals surface area contributed by atoms with Gasteiger partial charge in [0.15, 0.2) is 5.69 Å². The number of ether oxygens (including phenoxy) is 1. The van der Waals surface area contributed by atoms with Gasteiger partial charge in [0.1, 0.15) is 0 Å². The predicted octanol–water partition coefficient (Wildman–Crippen LogP) is 1.71. The molecule has 0 radical (unpaired) electrons. The summed E-state index contributed by atoms with van der Waals surface area (Å²) in [6, 6.07) is 3.21. The SMILES string of the molecule is COC(=O)c1ccnc(NCC2CCN(c3nccc(/C=C4/SC(=O)NC4=O)n3)CC2)n1. The van der Waals surface area contributed by atoms with Crippen molar-refractivity contribution in [2.24, 2.45) is 5.92 Å². The minimum Gasteiger partial charge on any atom is -0.464 e. The number of hydrogen-bond donors (Lipinski definition) is 2. The van der Waals surface area contributed by atoms with Crippen molar-refractivity contribution in [3.05, 3.63) is 40.8 Å². The maximum Gasteiger partial charge on any atom is 0.356 e. The number of imide groups is 1. The van der Waals surface area contributed by atoms with Gasteiger partial charge in [0.05, 0.1) is 17.7 Å². The predicted molar refractivity (Wildman–Crippen MR) is 118 cm³/mol. The fourth-order valence-electron chi connectivity index (χ4n) is 3.38. The molecule has 32 heavy (non-hydrogen) atoms. The molecule has 4 heterocycles. The topological polar surface area (TPSA) is 139 Å². The Morgan fingerprint density at radius 1 is 1.25 bits per heavy atom. The first-order valence-electron chi connectivity index (χ1n) is 10.00. The molecule has 0 aliphatic carbocycles. The molecule has 11 nitrogen and oxygen atoms in total. The van der Waals surface area contributed by atoms with E-state index in [1.165, 1.54) is 19.4 Å². The van der Waals surface area contributed by atoms with Crippen molar-refractivity contribution in [1.82, 2.24) is 25.3 Å². The van der Waals surface area contributed by atoms with Crippen LogP contribution in [-0.2, 0) is 9.53 Å². The molecule has 2 aromatic rings. The molecular weight excluding hydrogens is 434 g/mol. The van der Waals surface area contributed by atoms with E-state index in [9.17, 15) is 14.4 Å². The van der Waals surface area contributed by atoms with Crippen LogP contribution in [0, 0.1) is 5.92 Å². The van der Waals surface area contributed by atoms with Gasteiger partial charge < -0.3 is 15.0 Å². The van der Waals surface area contributed by atoms with Crippen LogP contribution in [0.3, 0.4) is 0 Å². The molecule has 2 saturated heterocycles. The second kappa shape index (κ2) is 9.73. The second-order valence-electron chi connectivity index (χ2n) is 7.20. The average molecular weight is 456 g/mol. The summed E-state index contributed by atoms with van der Waals surface area (Å²) in [6.45, 7) is 2.25. The van der Waals surface area contributed by atoms with Crippen LogP contribution in [0.2, 0.25) is 0 Å². The Balaban J connectivity index is 1.31. The summed E-state index contributed by atoms with van der Waals surface area (Å²) >= 11 is 0.862. The minimum atomic E-state index is -0.500. The number of nitrogens with one attached hydrogen (secondary N) is 2. The van der Waals surface area contributed by atoms with Gasteiger partial charge in [-0.2, -0.15) is 0 Å². The molecule has 2 aliphatic heterocycles. The Labute approximate surface area is 188 Å². The maximum absolute atomic E-state index is 11.7. The van der Waals surface area contributed by atoms with Crippen LogP contribution in [0.5, 0.6) is 0 Å². The van der Waals surface area contributed by atoms with Crippen molar-refractivity contribution in [2.45, 2.75) is 12.8 Å². The lowest BCUT2D eigenvalue weighted by Crippen LogP contribution is -2.37. The van der Waals surface area contributed by atoms with Gasteiger partial charge >= 0.3 is 5.97 Å². The number of anilines is 2. The first-order chi connectivity index (χ1) is 15.5. The van der Waals surface area contributed by atoms with Crippen LogP contribution >= 0.6 is 11.8 Å². The summed E-state index contributed by atoms with van der Waals surface area (Å²) in [5.74, 6) is 0.489. The molecule has 166 valence electrons. The number of rotatable bonds is 6. The van der Waals surface area contributed by atoms with Crippen molar-refractivity contribution >= 4 is 46.9 Å². The number of carbonyl (C=O) groups excluding carboxylic acids is 3. The minimum absolute atomic E-state index is 0.213. The second-order valence-corrected chi connectivity index (χ2v) is 8.22. The van der Waals surface area contributed by atoms with Crippen molar-refractivity contribution in [1.29, 1.82) is 0 Å². The monoisotopic (exact) mass is 455 g/mol. The fourth-order valence-corrected chi connectivity index (χ4v) is 4.05. The molecule has 2 aliphatic rings. The normalized spacial score (nSPS) is 18.0. The van der Waals surface area contributed by atoms with Crippen LogP contribution in [0.15, 0.2) is 29.4 Å². The Bertz CT molecular complexity index is 1070. The summed E-state index contributed by atoms with van der Waals surface area (Å²) in [6.07, 6.45) is 6.60.